The van der Waals surface area contributed by atoms with Crippen LogP contribution < -0.4 is 5.32 Å². The summed E-state index contributed by atoms with van der Waals surface area (Å²) in [6.07, 6.45) is 6.33. The number of hydrogen-bond acceptors (Lipinski definition) is 1. The number of hydrogen-bond donors (Lipinski definition) is 1. The molecule has 0 aliphatic heterocycles. The van der Waals surface area contributed by atoms with Crippen LogP contribution in [0.15, 0.2) is 18.2 Å². The standard InChI is InChI=1S/C15H21ClFN/c1-2-18-15(9-11-5-3-4-6-11)13-10-12(17)7-8-14(13)16/h7-8,10-11,15,18H,2-6,9H2,1H3. The summed E-state index contributed by atoms with van der Waals surface area (Å²) in [5.41, 5.74) is 0.908. The average Bonchev–Trinajstić information content (AvgIpc) is 2.85. The molecule has 1 N–H and O–H groups in total. The van der Waals surface area contributed by atoms with Crippen LogP contribution in [0.1, 0.15) is 50.6 Å². The zero-order valence-corrected chi connectivity index (χ0v) is 11.6. The second-order valence-corrected chi connectivity index (χ2v) is 5.57. The Morgan fingerprint density at radius 3 is 2.78 bits per heavy atom. The van der Waals surface area contributed by atoms with E-state index in [1.807, 2.05) is 0 Å². The molecule has 0 bridgehead atoms. The molecule has 1 nitrogen and oxygen atoms in total. The lowest BCUT2D eigenvalue weighted by Gasteiger charge is -2.23. The molecule has 1 aliphatic carbocycles. The summed E-state index contributed by atoms with van der Waals surface area (Å²) < 4.78 is 13.4. The minimum Gasteiger partial charge on any atom is -0.310 e. The molecule has 1 saturated carbocycles. The zero-order valence-electron chi connectivity index (χ0n) is 10.9. The Bertz CT molecular complexity index is 388. The Balaban J connectivity index is 2.14. The van der Waals surface area contributed by atoms with Crippen LogP contribution in [0.5, 0.6) is 0 Å². The van der Waals surface area contributed by atoms with Crippen LogP contribution in [0.25, 0.3) is 0 Å². The van der Waals surface area contributed by atoms with E-state index in [0.717, 1.165) is 24.4 Å². The van der Waals surface area contributed by atoms with Gasteiger partial charge in [-0.3, -0.25) is 0 Å². The van der Waals surface area contributed by atoms with Crippen LogP contribution in [-0.2, 0) is 0 Å². The van der Waals surface area contributed by atoms with Gasteiger partial charge in [0.1, 0.15) is 5.82 Å². The fraction of sp³-hybridized carbons (Fsp3) is 0.600. The van der Waals surface area contributed by atoms with Crippen molar-refractivity contribution < 1.29 is 4.39 Å². The molecule has 1 aliphatic rings. The smallest absolute Gasteiger partial charge is 0.123 e. The predicted molar refractivity (Wildman–Crippen MR) is 74.4 cm³/mol. The highest BCUT2D eigenvalue weighted by molar-refractivity contribution is 6.31. The van der Waals surface area contributed by atoms with Crippen LogP contribution in [0, 0.1) is 11.7 Å². The van der Waals surface area contributed by atoms with Gasteiger partial charge in [0.15, 0.2) is 0 Å². The summed E-state index contributed by atoms with van der Waals surface area (Å²) in [7, 11) is 0. The quantitative estimate of drug-likeness (QED) is 0.816. The lowest BCUT2D eigenvalue weighted by Crippen LogP contribution is -2.23. The summed E-state index contributed by atoms with van der Waals surface area (Å²) in [6, 6.07) is 4.83. The van der Waals surface area contributed by atoms with Gasteiger partial charge in [-0.15, -0.1) is 0 Å². The van der Waals surface area contributed by atoms with Gasteiger partial charge in [0.2, 0.25) is 0 Å². The molecule has 1 aromatic rings. The molecule has 1 atom stereocenters. The second kappa shape index (κ2) is 6.53. The molecule has 0 heterocycles. The number of nitrogens with one attached hydrogen (secondary N) is 1. The molecule has 1 aromatic carbocycles. The normalized spacial score (nSPS) is 18.2. The lowest BCUT2D eigenvalue weighted by atomic mass is 9.93. The molecule has 100 valence electrons. The first-order valence-electron chi connectivity index (χ1n) is 6.89. The Hall–Kier alpha value is -0.600. The van der Waals surface area contributed by atoms with Crippen LogP contribution in [-0.4, -0.2) is 6.54 Å². The highest BCUT2D eigenvalue weighted by atomic mass is 35.5. The van der Waals surface area contributed by atoms with Gasteiger partial charge in [-0.2, -0.15) is 0 Å². The van der Waals surface area contributed by atoms with E-state index >= 15 is 0 Å². The van der Waals surface area contributed by atoms with Crippen LogP contribution in [0.3, 0.4) is 0 Å². The molecule has 0 aromatic heterocycles. The predicted octanol–water partition coefficient (Wildman–Crippen LogP) is 4.71. The summed E-state index contributed by atoms with van der Waals surface area (Å²) in [5, 5.41) is 4.11. The molecule has 1 fully saturated rings. The molecular formula is C15H21ClFN. The van der Waals surface area contributed by atoms with Crippen molar-refractivity contribution in [3.05, 3.63) is 34.6 Å². The van der Waals surface area contributed by atoms with Gasteiger partial charge in [-0.05, 0) is 42.6 Å². The molecular weight excluding hydrogens is 249 g/mol. The second-order valence-electron chi connectivity index (χ2n) is 5.16. The van der Waals surface area contributed by atoms with Gasteiger partial charge in [0.05, 0.1) is 0 Å². The van der Waals surface area contributed by atoms with Crippen molar-refractivity contribution in [1.82, 2.24) is 5.32 Å². The molecule has 18 heavy (non-hydrogen) atoms. The van der Waals surface area contributed by atoms with E-state index in [1.54, 1.807) is 12.1 Å². The van der Waals surface area contributed by atoms with Crippen LogP contribution in [0.2, 0.25) is 5.02 Å². The van der Waals surface area contributed by atoms with E-state index in [2.05, 4.69) is 12.2 Å². The van der Waals surface area contributed by atoms with Gasteiger partial charge in [-0.25, -0.2) is 4.39 Å². The van der Waals surface area contributed by atoms with Crippen molar-refractivity contribution in [3.63, 3.8) is 0 Å². The van der Waals surface area contributed by atoms with Crippen molar-refractivity contribution in [1.29, 1.82) is 0 Å². The largest absolute Gasteiger partial charge is 0.310 e. The highest BCUT2D eigenvalue weighted by Crippen LogP contribution is 2.35. The first-order valence-corrected chi connectivity index (χ1v) is 7.26. The SMILES string of the molecule is CCNC(CC1CCCC1)c1cc(F)ccc1Cl. The minimum atomic E-state index is -0.205. The molecule has 1 unspecified atom stereocenters. The van der Waals surface area contributed by atoms with E-state index in [4.69, 9.17) is 11.6 Å². The summed E-state index contributed by atoms with van der Waals surface area (Å²) >= 11 is 6.21. The third-order valence-electron chi connectivity index (χ3n) is 3.83. The minimum absolute atomic E-state index is 0.182. The van der Waals surface area contributed by atoms with E-state index in [1.165, 1.54) is 31.7 Å². The van der Waals surface area contributed by atoms with E-state index in [0.29, 0.717) is 5.02 Å². The first kappa shape index (κ1) is 13.8. The molecule has 0 spiro atoms. The van der Waals surface area contributed by atoms with Crippen molar-refractivity contribution in [2.75, 3.05) is 6.54 Å². The van der Waals surface area contributed by atoms with Gasteiger partial charge in [0.25, 0.3) is 0 Å². The number of halogens is 2. The van der Waals surface area contributed by atoms with Crippen molar-refractivity contribution in [2.24, 2.45) is 5.92 Å². The Kier molecular flexibility index (Phi) is 5.02. The third-order valence-corrected chi connectivity index (χ3v) is 4.17. The van der Waals surface area contributed by atoms with Gasteiger partial charge in [0, 0.05) is 11.1 Å². The Morgan fingerprint density at radius 2 is 2.11 bits per heavy atom. The van der Waals surface area contributed by atoms with E-state index in [-0.39, 0.29) is 11.9 Å². The van der Waals surface area contributed by atoms with Gasteiger partial charge in [-0.1, -0.05) is 44.2 Å². The highest BCUT2D eigenvalue weighted by Gasteiger charge is 2.22. The zero-order chi connectivity index (χ0) is 13.0. The molecule has 2 rings (SSSR count). The topological polar surface area (TPSA) is 12.0 Å². The monoisotopic (exact) mass is 269 g/mol. The third kappa shape index (κ3) is 3.46. The van der Waals surface area contributed by atoms with Crippen molar-refractivity contribution in [3.8, 4) is 0 Å². The molecule has 0 radical (unpaired) electrons. The maximum absolute atomic E-state index is 13.4. The Labute approximate surface area is 114 Å². The van der Waals surface area contributed by atoms with E-state index < -0.39 is 0 Å². The summed E-state index contributed by atoms with van der Waals surface area (Å²) in [5.74, 6) is 0.553. The average molecular weight is 270 g/mol. The first-order chi connectivity index (χ1) is 8.70. The number of benzene rings is 1. The molecule has 3 heteroatoms. The van der Waals surface area contributed by atoms with Crippen molar-refractivity contribution in [2.45, 2.75) is 45.1 Å². The van der Waals surface area contributed by atoms with Crippen LogP contribution >= 0.6 is 11.6 Å². The van der Waals surface area contributed by atoms with Gasteiger partial charge >= 0.3 is 0 Å². The van der Waals surface area contributed by atoms with Gasteiger partial charge < -0.3 is 5.32 Å². The number of rotatable bonds is 5. The molecule has 0 amide bonds. The van der Waals surface area contributed by atoms with E-state index in [9.17, 15) is 4.39 Å². The summed E-state index contributed by atoms with van der Waals surface area (Å²) in [4.78, 5) is 0. The molecule has 0 saturated heterocycles. The van der Waals surface area contributed by atoms with Crippen molar-refractivity contribution >= 4 is 11.6 Å². The Morgan fingerprint density at radius 1 is 1.39 bits per heavy atom. The fourth-order valence-electron chi connectivity index (χ4n) is 2.93. The lowest BCUT2D eigenvalue weighted by molar-refractivity contribution is 0.400. The maximum Gasteiger partial charge on any atom is 0.123 e. The van der Waals surface area contributed by atoms with Crippen LogP contribution in [0.4, 0.5) is 4.39 Å². The summed E-state index contributed by atoms with van der Waals surface area (Å²) in [6.45, 7) is 2.96. The maximum atomic E-state index is 13.4. The fourth-order valence-corrected chi connectivity index (χ4v) is 3.18.